The lowest BCUT2D eigenvalue weighted by Crippen LogP contribution is -2.22. The van der Waals surface area contributed by atoms with E-state index in [0.29, 0.717) is 28.0 Å². The Morgan fingerprint density at radius 2 is 1.72 bits per heavy atom. The summed E-state index contributed by atoms with van der Waals surface area (Å²) < 4.78 is 11.6. The molecule has 1 N–H and O–H groups in total. The van der Waals surface area contributed by atoms with Gasteiger partial charge in [-0.3, -0.25) is 9.59 Å². The number of ether oxygens (including phenoxy) is 1. The lowest BCUT2D eigenvalue weighted by molar-refractivity contribution is -0.118. The third-order valence-corrected chi connectivity index (χ3v) is 4.44. The van der Waals surface area contributed by atoms with Crippen molar-refractivity contribution >= 4 is 22.6 Å². The summed E-state index contributed by atoms with van der Waals surface area (Å²) in [6.07, 6.45) is 0. The van der Waals surface area contributed by atoms with Crippen LogP contribution in [0.3, 0.4) is 0 Å². The zero-order chi connectivity index (χ0) is 20.2. The number of fused-ring (bicyclic) bond motifs is 1. The van der Waals surface area contributed by atoms with Crippen LogP contribution in [0.5, 0.6) is 5.75 Å². The van der Waals surface area contributed by atoms with Gasteiger partial charge in [0.1, 0.15) is 5.58 Å². The molecule has 4 aromatic rings. The first kappa shape index (κ1) is 18.5. The lowest BCUT2D eigenvalue weighted by Gasteiger charge is -2.12. The Kier molecular flexibility index (Phi) is 5.12. The Morgan fingerprint density at radius 1 is 0.966 bits per heavy atom. The summed E-state index contributed by atoms with van der Waals surface area (Å²) in [6, 6.07) is 23.6. The van der Waals surface area contributed by atoms with Crippen molar-refractivity contribution in [2.45, 2.75) is 6.92 Å². The van der Waals surface area contributed by atoms with Gasteiger partial charge in [-0.25, -0.2) is 0 Å². The molecule has 4 rings (SSSR count). The molecule has 0 bridgehead atoms. The van der Waals surface area contributed by atoms with E-state index in [1.165, 1.54) is 0 Å². The van der Waals surface area contributed by atoms with Crippen molar-refractivity contribution in [3.05, 3.63) is 94.6 Å². The number of para-hydroxylation sites is 1. The highest BCUT2D eigenvalue weighted by Crippen LogP contribution is 2.30. The molecule has 1 amide bonds. The molecule has 0 spiro atoms. The lowest BCUT2D eigenvalue weighted by atomic mass is 10.1. The number of hydrogen-bond acceptors (Lipinski definition) is 4. The van der Waals surface area contributed by atoms with Gasteiger partial charge in [-0.15, -0.1) is 0 Å². The largest absolute Gasteiger partial charge is 0.476 e. The Hall–Kier alpha value is -3.86. The molecule has 0 unspecified atom stereocenters. The summed E-state index contributed by atoms with van der Waals surface area (Å²) in [4.78, 5) is 25.4. The van der Waals surface area contributed by atoms with E-state index in [2.05, 4.69) is 5.32 Å². The van der Waals surface area contributed by atoms with E-state index in [0.717, 1.165) is 5.56 Å². The fourth-order valence-electron chi connectivity index (χ4n) is 3.09. The molecule has 29 heavy (non-hydrogen) atoms. The summed E-state index contributed by atoms with van der Waals surface area (Å²) in [5.74, 6) is -0.0332. The molecule has 1 heterocycles. The Morgan fingerprint density at radius 3 is 2.52 bits per heavy atom. The number of aryl methyl sites for hydroxylation is 1. The van der Waals surface area contributed by atoms with Crippen LogP contribution in [0.4, 0.5) is 5.69 Å². The highest BCUT2D eigenvalue weighted by Gasteiger charge is 2.18. The number of carbonyl (C=O) groups is 1. The molecule has 0 saturated carbocycles. The molecule has 0 aliphatic heterocycles. The molecular formula is C24H19NO4. The van der Waals surface area contributed by atoms with Crippen LogP contribution < -0.4 is 15.5 Å². The number of hydrogen-bond donors (Lipinski definition) is 1. The minimum Gasteiger partial charge on any atom is -0.476 e. The summed E-state index contributed by atoms with van der Waals surface area (Å²) in [6.45, 7) is 1.63. The van der Waals surface area contributed by atoms with Crippen LogP contribution in [0.2, 0.25) is 0 Å². The minimum atomic E-state index is -0.359. The third kappa shape index (κ3) is 4.04. The Bertz CT molecular complexity index is 1230. The summed E-state index contributed by atoms with van der Waals surface area (Å²) in [5.41, 5.74) is 2.56. The van der Waals surface area contributed by atoms with Crippen LogP contribution >= 0.6 is 0 Å². The predicted octanol–water partition coefficient (Wildman–Crippen LogP) is 4.79. The van der Waals surface area contributed by atoms with Gasteiger partial charge in [-0.2, -0.15) is 0 Å². The number of anilines is 1. The van der Waals surface area contributed by atoms with E-state index in [-0.39, 0.29) is 23.7 Å². The molecule has 0 atom stereocenters. The maximum absolute atomic E-state index is 13.0. The normalized spacial score (nSPS) is 10.7. The molecule has 144 valence electrons. The van der Waals surface area contributed by atoms with E-state index in [1.54, 1.807) is 30.3 Å². The van der Waals surface area contributed by atoms with E-state index in [4.69, 9.17) is 9.15 Å². The summed E-state index contributed by atoms with van der Waals surface area (Å²) >= 11 is 0. The van der Waals surface area contributed by atoms with Crippen molar-refractivity contribution in [2.24, 2.45) is 0 Å². The second-order valence-corrected chi connectivity index (χ2v) is 6.66. The molecule has 3 aromatic carbocycles. The van der Waals surface area contributed by atoms with Gasteiger partial charge < -0.3 is 14.5 Å². The fraction of sp³-hybridized carbons (Fsp3) is 0.0833. The molecular weight excluding hydrogens is 366 g/mol. The van der Waals surface area contributed by atoms with Crippen molar-refractivity contribution in [1.82, 2.24) is 0 Å². The van der Waals surface area contributed by atoms with Gasteiger partial charge in [0, 0.05) is 11.3 Å². The zero-order valence-corrected chi connectivity index (χ0v) is 15.8. The third-order valence-electron chi connectivity index (χ3n) is 4.44. The van der Waals surface area contributed by atoms with Gasteiger partial charge in [0.05, 0.1) is 5.39 Å². The van der Waals surface area contributed by atoms with Gasteiger partial charge >= 0.3 is 0 Å². The highest BCUT2D eigenvalue weighted by molar-refractivity contribution is 5.92. The second-order valence-electron chi connectivity index (χ2n) is 6.66. The molecule has 0 aliphatic carbocycles. The van der Waals surface area contributed by atoms with E-state index in [1.807, 2.05) is 55.5 Å². The molecule has 1 aromatic heterocycles. The van der Waals surface area contributed by atoms with Gasteiger partial charge in [0.25, 0.3) is 5.91 Å². The first-order valence-electron chi connectivity index (χ1n) is 9.22. The van der Waals surface area contributed by atoms with Crippen LogP contribution in [0.25, 0.3) is 22.3 Å². The van der Waals surface area contributed by atoms with Crippen LogP contribution in [-0.2, 0) is 4.79 Å². The van der Waals surface area contributed by atoms with Crippen LogP contribution in [0.15, 0.2) is 88.1 Å². The smallest absolute Gasteiger partial charge is 0.262 e. The van der Waals surface area contributed by atoms with Gasteiger partial charge in [-0.1, -0.05) is 54.6 Å². The summed E-state index contributed by atoms with van der Waals surface area (Å²) in [5, 5.41) is 3.18. The molecule has 0 radical (unpaired) electrons. The summed E-state index contributed by atoms with van der Waals surface area (Å²) in [7, 11) is 0. The van der Waals surface area contributed by atoms with E-state index in [9.17, 15) is 9.59 Å². The number of amides is 1. The van der Waals surface area contributed by atoms with Crippen molar-refractivity contribution in [3.8, 4) is 17.1 Å². The van der Waals surface area contributed by atoms with E-state index < -0.39 is 0 Å². The maximum atomic E-state index is 13.0. The number of nitrogens with one attached hydrogen (secondary N) is 1. The molecule has 5 heteroatoms. The first-order valence-corrected chi connectivity index (χ1v) is 9.22. The monoisotopic (exact) mass is 385 g/mol. The molecule has 0 aliphatic rings. The average molecular weight is 385 g/mol. The number of benzene rings is 3. The molecule has 0 fully saturated rings. The fourth-order valence-corrected chi connectivity index (χ4v) is 3.09. The Labute approximate surface area is 167 Å². The number of rotatable bonds is 5. The number of carbonyl (C=O) groups excluding carboxylic acids is 1. The first-order chi connectivity index (χ1) is 14.1. The zero-order valence-electron chi connectivity index (χ0n) is 15.8. The Balaban J connectivity index is 1.66. The van der Waals surface area contributed by atoms with Crippen molar-refractivity contribution in [3.63, 3.8) is 0 Å². The van der Waals surface area contributed by atoms with Crippen molar-refractivity contribution in [1.29, 1.82) is 0 Å². The predicted molar refractivity (Wildman–Crippen MR) is 113 cm³/mol. The van der Waals surface area contributed by atoms with Gasteiger partial charge in [0.15, 0.2) is 12.4 Å². The quantitative estimate of drug-likeness (QED) is 0.536. The van der Waals surface area contributed by atoms with Crippen molar-refractivity contribution in [2.75, 3.05) is 11.9 Å². The van der Waals surface area contributed by atoms with Gasteiger partial charge in [0.2, 0.25) is 11.2 Å². The maximum Gasteiger partial charge on any atom is 0.262 e. The topological polar surface area (TPSA) is 68.5 Å². The van der Waals surface area contributed by atoms with Crippen LogP contribution in [0.1, 0.15) is 5.56 Å². The van der Waals surface area contributed by atoms with Crippen LogP contribution in [0, 0.1) is 6.92 Å². The minimum absolute atomic E-state index is 0.0225. The highest BCUT2D eigenvalue weighted by atomic mass is 16.5. The average Bonchev–Trinajstić information content (AvgIpc) is 2.73. The van der Waals surface area contributed by atoms with E-state index >= 15 is 0 Å². The SMILES string of the molecule is Cc1cccc(NC(=O)COc2c(-c3ccccc3)oc3ccccc3c2=O)c1. The van der Waals surface area contributed by atoms with Gasteiger partial charge in [-0.05, 0) is 36.8 Å². The van der Waals surface area contributed by atoms with Crippen molar-refractivity contribution < 1.29 is 13.9 Å². The standard InChI is InChI=1S/C24H19NO4/c1-16-8-7-11-18(14-16)25-21(26)15-28-24-22(27)19-12-5-6-13-20(19)29-23(24)17-9-3-2-4-10-17/h2-14H,15H2,1H3,(H,25,26). The van der Waals surface area contributed by atoms with Crippen LogP contribution in [-0.4, -0.2) is 12.5 Å². The second kappa shape index (κ2) is 8.02. The molecule has 0 saturated heterocycles. The molecule has 5 nitrogen and oxygen atoms in total.